The summed E-state index contributed by atoms with van der Waals surface area (Å²) in [6.07, 6.45) is 4.26. The molecule has 3 rings (SSSR count). The van der Waals surface area contributed by atoms with Crippen molar-refractivity contribution in [3.8, 4) is 0 Å². The second kappa shape index (κ2) is 4.33. The second-order valence-electron chi connectivity index (χ2n) is 4.55. The molecule has 1 aliphatic rings. The van der Waals surface area contributed by atoms with Gasteiger partial charge in [-0.25, -0.2) is 4.39 Å². The maximum absolute atomic E-state index is 13.1. The zero-order valence-electron chi connectivity index (χ0n) is 9.77. The fourth-order valence-electron chi connectivity index (χ4n) is 2.58. The topological polar surface area (TPSA) is 30.0 Å². The van der Waals surface area contributed by atoms with Crippen LogP contribution in [0.4, 0.5) is 4.39 Å². The highest BCUT2D eigenvalue weighted by atomic mass is 19.1. The van der Waals surface area contributed by atoms with E-state index in [-0.39, 0.29) is 11.7 Å². The van der Waals surface area contributed by atoms with Gasteiger partial charge in [0.1, 0.15) is 5.82 Å². The molecule has 3 heteroatoms. The van der Waals surface area contributed by atoms with Crippen LogP contribution in [-0.4, -0.2) is 10.8 Å². The number of benzene rings is 1. The van der Waals surface area contributed by atoms with Crippen molar-refractivity contribution in [3.05, 3.63) is 65.2 Å². The molecule has 1 aliphatic carbocycles. The van der Waals surface area contributed by atoms with Crippen LogP contribution in [0.3, 0.4) is 0 Å². The van der Waals surface area contributed by atoms with Crippen LogP contribution in [0.25, 0.3) is 0 Å². The zero-order chi connectivity index (χ0) is 12.5. The number of rotatable bonds is 2. The van der Waals surface area contributed by atoms with E-state index < -0.39 is 5.82 Å². The minimum absolute atomic E-state index is 0.0352. The molecule has 1 aromatic heterocycles. The minimum Gasteiger partial charge on any atom is -0.293 e. The lowest BCUT2D eigenvalue weighted by atomic mass is 9.93. The third kappa shape index (κ3) is 1.82. The third-order valence-corrected chi connectivity index (χ3v) is 3.44. The van der Waals surface area contributed by atoms with Crippen LogP contribution in [0.15, 0.2) is 42.7 Å². The smallest absolute Gasteiger partial charge is 0.171 e. The van der Waals surface area contributed by atoms with Gasteiger partial charge in [-0.1, -0.05) is 24.3 Å². The van der Waals surface area contributed by atoms with E-state index in [1.165, 1.54) is 17.8 Å². The van der Waals surface area contributed by atoms with Crippen molar-refractivity contribution in [2.75, 3.05) is 0 Å². The highest BCUT2D eigenvalue weighted by Gasteiger charge is 2.29. The van der Waals surface area contributed by atoms with Crippen LogP contribution in [0, 0.1) is 5.82 Å². The molecule has 0 spiro atoms. The average Bonchev–Trinajstić information content (AvgIpc) is 2.82. The van der Waals surface area contributed by atoms with Crippen molar-refractivity contribution in [2.24, 2.45) is 0 Å². The largest absolute Gasteiger partial charge is 0.293 e. The molecule has 0 bridgehead atoms. The van der Waals surface area contributed by atoms with E-state index in [1.807, 2.05) is 24.3 Å². The molecule has 90 valence electrons. The van der Waals surface area contributed by atoms with Crippen molar-refractivity contribution in [1.82, 2.24) is 4.98 Å². The number of Topliss-reactive ketones (excluding diaryl/α,β-unsaturated/α-hetero) is 1. The Morgan fingerprint density at radius 2 is 2.11 bits per heavy atom. The molecule has 0 amide bonds. The Balaban J connectivity index is 1.96. The predicted octanol–water partition coefficient (Wildman–Crippen LogP) is 3.13. The molecule has 0 saturated heterocycles. The summed E-state index contributed by atoms with van der Waals surface area (Å²) < 4.78 is 13.1. The number of nitrogens with zero attached hydrogens (tertiary/aromatic N) is 1. The Hall–Kier alpha value is -2.03. The molecule has 2 nitrogen and oxygen atoms in total. The van der Waals surface area contributed by atoms with Crippen molar-refractivity contribution in [3.63, 3.8) is 0 Å². The molecular weight excluding hydrogens is 229 g/mol. The summed E-state index contributed by atoms with van der Waals surface area (Å²) in [7, 11) is 0. The van der Waals surface area contributed by atoms with Gasteiger partial charge in [0.2, 0.25) is 0 Å². The molecular formula is C15H12FNO. The first-order chi connectivity index (χ1) is 8.75. The number of hydrogen-bond acceptors (Lipinski definition) is 2. The van der Waals surface area contributed by atoms with Crippen molar-refractivity contribution in [1.29, 1.82) is 0 Å². The zero-order valence-corrected chi connectivity index (χ0v) is 9.77. The summed E-state index contributed by atoms with van der Waals surface area (Å²) in [5.74, 6) is -0.649. The highest BCUT2D eigenvalue weighted by Crippen LogP contribution is 2.35. The lowest BCUT2D eigenvalue weighted by Gasteiger charge is -2.10. The molecule has 0 N–H and O–H groups in total. The quantitative estimate of drug-likeness (QED) is 0.756. The number of aryl methyl sites for hydroxylation is 1. The number of hydrogen-bond donors (Lipinski definition) is 0. The van der Waals surface area contributed by atoms with Gasteiger partial charge < -0.3 is 0 Å². The SMILES string of the molecule is O=C(c1cncc(F)c1)C1CCc2ccccc21. The Labute approximate surface area is 104 Å². The summed E-state index contributed by atoms with van der Waals surface area (Å²) in [6, 6.07) is 9.21. The van der Waals surface area contributed by atoms with E-state index in [9.17, 15) is 9.18 Å². The van der Waals surface area contributed by atoms with Gasteiger partial charge in [-0.2, -0.15) is 0 Å². The van der Waals surface area contributed by atoms with E-state index in [4.69, 9.17) is 0 Å². The number of ketones is 1. The first kappa shape index (κ1) is 11.1. The Kier molecular flexibility index (Phi) is 2.67. The van der Waals surface area contributed by atoms with Crippen LogP contribution in [0.1, 0.15) is 33.8 Å². The molecule has 0 saturated carbocycles. The first-order valence-electron chi connectivity index (χ1n) is 5.98. The number of halogens is 1. The molecule has 0 aliphatic heterocycles. The number of fused-ring (bicyclic) bond motifs is 1. The van der Waals surface area contributed by atoms with Gasteiger partial charge in [0, 0.05) is 17.7 Å². The summed E-state index contributed by atoms with van der Waals surface area (Å²) in [6.45, 7) is 0. The number of pyridine rings is 1. The molecule has 18 heavy (non-hydrogen) atoms. The second-order valence-corrected chi connectivity index (χ2v) is 4.55. The normalized spacial score (nSPS) is 17.5. The van der Waals surface area contributed by atoms with Crippen molar-refractivity contribution >= 4 is 5.78 Å². The molecule has 1 atom stereocenters. The molecule has 0 radical (unpaired) electrons. The maximum Gasteiger partial charge on any atom is 0.171 e. The minimum atomic E-state index is -0.466. The Morgan fingerprint density at radius 1 is 1.28 bits per heavy atom. The summed E-state index contributed by atoms with van der Waals surface area (Å²) in [5.41, 5.74) is 2.66. The molecule has 1 aromatic carbocycles. The van der Waals surface area contributed by atoms with Gasteiger partial charge in [-0.3, -0.25) is 9.78 Å². The Morgan fingerprint density at radius 3 is 2.94 bits per heavy atom. The van der Waals surface area contributed by atoms with Gasteiger partial charge in [0.05, 0.1) is 6.20 Å². The Bertz CT molecular complexity index is 609. The third-order valence-electron chi connectivity index (χ3n) is 3.44. The lowest BCUT2D eigenvalue weighted by molar-refractivity contribution is 0.0958. The van der Waals surface area contributed by atoms with Crippen LogP contribution in [0.5, 0.6) is 0 Å². The van der Waals surface area contributed by atoms with Crippen LogP contribution in [0.2, 0.25) is 0 Å². The average molecular weight is 241 g/mol. The fourth-order valence-corrected chi connectivity index (χ4v) is 2.58. The standard InChI is InChI=1S/C15H12FNO/c16-12-7-11(8-17-9-12)15(18)14-6-5-10-3-1-2-4-13(10)14/h1-4,7-9,14H,5-6H2. The lowest BCUT2D eigenvalue weighted by Crippen LogP contribution is -2.10. The van der Waals surface area contributed by atoms with Crippen LogP contribution >= 0.6 is 0 Å². The predicted molar refractivity (Wildman–Crippen MR) is 66.0 cm³/mol. The van der Waals surface area contributed by atoms with E-state index in [0.717, 1.165) is 24.6 Å². The molecule has 0 fully saturated rings. The van der Waals surface area contributed by atoms with Gasteiger partial charge in [0.15, 0.2) is 5.78 Å². The fraction of sp³-hybridized carbons (Fsp3) is 0.200. The van der Waals surface area contributed by atoms with E-state index >= 15 is 0 Å². The van der Waals surface area contributed by atoms with Crippen LogP contribution in [-0.2, 0) is 6.42 Å². The van der Waals surface area contributed by atoms with Gasteiger partial charge >= 0.3 is 0 Å². The van der Waals surface area contributed by atoms with Crippen LogP contribution < -0.4 is 0 Å². The highest BCUT2D eigenvalue weighted by molar-refractivity contribution is 6.01. The van der Waals surface area contributed by atoms with Crippen molar-refractivity contribution < 1.29 is 9.18 Å². The van der Waals surface area contributed by atoms with Gasteiger partial charge in [-0.15, -0.1) is 0 Å². The van der Waals surface area contributed by atoms with Gasteiger partial charge in [0.25, 0.3) is 0 Å². The van der Waals surface area contributed by atoms with E-state index in [0.29, 0.717) is 5.56 Å². The van der Waals surface area contributed by atoms with Crippen molar-refractivity contribution in [2.45, 2.75) is 18.8 Å². The first-order valence-corrected chi connectivity index (χ1v) is 5.98. The maximum atomic E-state index is 13.1. The van der Waals surface area contributed by atoms with E-state index in [1.54, 1.807) is 0 Å². The number of aromatic nitrogens is 1. The molecule has 2 aromatic rings. The molecule has 1 heterocycles. The van der Waals surface area contributed by atoms with E-state index in [2.05, 4.69) is 4.98 Å². The van der Waals surface area contributed by atoms with Gasteiger partial charge in [-0.05, 0) is 30.0 Å². The summed E-state index contributed by atoms with van der Waals surface area (Å²) >= 11 is 0. The summed E-state index contributed by atoms with van der Waals surface area (Å²) in [4.78, 5) is 16.1. The monoisotopic (exact) mass is 241 g/mol. The number of carbonyl (C=O) groups excluding carboxylic acids is 1. The number of carbonyl (C=O) groups is 1. The summed E-state index contributed by atoms with van der Waals surface area (Å²) in [5, 5.41) is 0. The molecule has 1 unspecified atom stereocenters.